The van der Waals surface area contributed by atoms with Crippen LogP contribution in [-0.4, -0.2) is 25.1 Å². The maximum absolute atomic E-state index is 12.3. The molecule has 24 heavy (non-hydrogen) atoms. The van der Waals surface area contributed by atoms with Gasteiger partial charge in [0.15, 0.2) is 11.5 Å². The third-order valence-electron chi connectivity index (χ3n) is 3.73. The molecule has 0 aliphatic heterocycles. The fourth-order valence-corrected chi connectivity index (χ4v) is 2.46. The Morgan fingerprint density at radius 2 is 1.79 bits per heavy atom. The van der Waals surface area contributed by atoms with Gasteiger partial charge in [0.05, 0.1) is 32.0 Å². The molecule has 0 fully saturated rings. The van der Waals surface area contributed by atoms with Gasteiger partial charge in [0.2, 0.25) is 0 Å². The Kier molecular flexibility index (Phi) is 4.61. The number of hydrogen-bond donors (Lipinski definition) is 1. The van der Waals surface area contributed by atoms with Crippen molar-refractivity contribution in [2.45, 2.75) is 6.54 Å². The number of methoxy groups -OCH3 is 2. The molecule has 0 unspecified atom stereocenters. The van der Waals surface area contributed by atoms with Crippen LogP contribution in [0.15, 0.2) is 54.6 Å². The molecule has 0 aliphatic rings. The first kappa shape index (κ1) is 15.8. The normalized spacial score (nSPS) is 10.4. The van der Waals surface area contributed by atoms with Gasteiger partial charge >= 0.3 is 0 Å². The molecule has 3 aromatic rings. The fourth-order valence-electron chi connectivity index (χ4n) is 2.46. The van der Waals surface area contributed by atoms with Crippen molar-refractivity contribution < 1.29 is 14.3 Å². The molecule has 1 aromatic heterocycles. The van der Waals surface area contributed by atoms with Crippen LogP contribution < -0.4 is 14.8 Å². The largest absolute Gasteiger partial charge is 0.493 e. The summed E-state index contributed by atoms with van der Waals surface area (Å²) < 4.78 is 10.4. The summed E-state index contributed by atoms with van der Waals surface area (Å²) in [6.45, 7) is 0.359. The average molecular weight is 322 g/mol. The van der Waals surface area contributed by atoms with E-state index in [2.05, 4.69) is 10.3 Å². The van der Waals surface area contributed by atoms with Crippen molar-refractivity contribution in [2.75, 3.05) is 14.2 Å². The lowest BCUT2D eigenvalue weighted by Crippen LogP contribution is -2.23. The van der Waals surface area contributed by atoms with E-state index in [4.69, 9.17) is 9.47 Å². The van der Waals surface area contributed by atoms with Crippen molar-refractivity contribution in [3.8, 4) is 11.5 Å². The Morgan fingerprint density at radius 1 is 1.00 bits per heavy atom. The third kappa shape index (κ3) is 3.30. The van der Waals surface area contributed by atoms with Gasteiger partial charge in [-0.05, 0) is 30.3 Å². The molecule has 1 amide bonds. The van der Waals surface area contributed by atoms with E-state index in [0.29, 0.717) is 23.6 Å². The molecule has 1 N–H and O–H groups in total. The van der Waals surface area contributed by atoms with E-state index >= 15 is 0 Å². The van der Waals surface area contributed by atoms with Crippen molar-refractivity contribution in [3.63, 3.8) is 0 Å². The minimum atomic E-state index is -0.189. The molecule has 5 heteroatoms. The van der Waals surface area contributed by atoms with Crippen molar-refractivity contribution in [1.29, 1.82) is 0 Å². The summed E-state index contributed by atoms with van der Waals surface area (Å²) in [4.78, 5) is 16.9. The molecular weight excluding hydrogens is 304 g/mol. The molecule has 0 aliphatic carbocycles. The zero-order chi connectivity index (χ0) is 16.9. The predicted molar refractivity (Wildman–Crippen MR) is 92.5 cm³/mol. The summed E-state index contributed by atoms with van der Waals surface area (Å²) in [6, 6.07) is 16.9. The van der Waals surface area contributed by atoms with Crippen molar-refractivity contribution in [1.82, 2.24) is 10.3 Å². The Bertz CT molecular complexity index is 877. The van der Waals surface area contributed by atoms with Crippen LogP contribution in [0.1, 0.15) is 16.1 Å². The summed E-state index contributed by atoms with van der Waals surface area (Å²) in [6.07, 6.45) is 0. The lowest BCUT2D eigenvalue weighted by molar-refractivity contribution is 0.0950. The zero-order valence-electron chi connectivity index (χ0n) is 13.6. The second kappa shape index (κ2) is 7.00. The standard InChI is InChI=1S/C19H18N2O3/c1-23-17-10-8-14(11-18(17)24-2)19(22)20-12-15-9-7-13-5-3-4-6-16(13)21-15/h3-11H,12H2,1-2H3,(H,20,22). The first-order valence-corrected chi connectivity index (χ1v) is 7.56. The highest BCUT2D eigenvalue weighted by Crippen LogP contribution is 2.27. The molecule has 2 aromatic carbocycles. The lowest BCUT2D eigenvalue weighted by atomic mass is 10.1. The topological polar surface area (TPSA) is 60.5 Å². The number of para-hydroxylation sites is 1. The van der Waals surface area contributed by atoms with E-state index in [1.165, 1.54) is 0 Å². The predicted octanol–water partition coefficient (Wildman–Crippen LogP) is 3.18. The number of aromatic nitrogens is 1. The summed E-state index contributed by atoms with van der Waals surface area (Å²) in [7, 11) is 3.10. The molecule has 0 spiro atoms. The summed E-state index contributed by atoms with van der Waals surface area (Å²) >= 11 is 0. The van der Waals surface area contributed by atoms with E-state index in [0.717, 1.165) is 16.6 Å². The first-order valence-electron chi connectivity index (χ1n) is 7.56. The highest BCUT2D eigenvalue weighted by molar-refractivity contribution is 5.94. The Balaban J connectivity index is 1.72. The van der Waals surface area contributed by atoms with Gasteiger partial charge in [0, 0.05) is 10.9 Å². The lowest BCUT2D eigenvalue weighted by Gasteiger charge is -2.10. The van der Waals surface area contributed by atoms with Gasteiger partial charge in [0.1, 0.15) is 0 Å². The quantitative estimate of drug-likeness (QED) is 0.784. The molecule has 0 radical (unpaired) electrons. The van der Waals surface area contributed by atoms with Crippen LogP contribution in [0.5, 0.6) is 11.5 Å². The van der Waals surface area contributed by atoms with Crippen LogP contribution in [-0.2, 0) is 6.54 Å². The van der Waals surface area contributed by atoms with Gasteiger partial charge in [-0.2, -0.15) is 0 Å². The molecule has 1 heterocycles. The minimum Gasteiger partial charge on any atom is -0.493 e. The molecule has 0 saturated heterocycles. The monoisotopic (exact) mass is 322 g/mol. The second-order valence-electron chi connectivity index (χ2n) is 5.25. The molecule has 5 nitrogen and oxygen atoms in total. The van der Waals surface area contributed by atoms with E-state index in [-0.39, 0.29) is 5.91 Å². The number of benzene rings is 2. The zero-order valence-corrected chi connectivity index (χ0v) is 13.6. The Morgan fingerprint density at radius 3 is 2.58 bits per heavy atom. The van der Waals surface area contributed by atoms with Crippen molar-refractivity contribution in [2.24, 2.45) is 0 Å². The number of carbonyl (C=O) groups excluding carboxylic acids is 1. The molecule has 122 valence electrons. The molecule has 0 saturated carbocycles. The highest BCUT2D eigenvalue weighted by atomic mass is 16.5. The first-order chi connectivity index (χ1) is 11.7. The minimum absolute atomic E-state index is 0.189. The van der Waals surface area contributed by atoms with Crippen LogP contribution in [0.25, 0.3) is 10.9 Å². The number of nitrogens with zero attached hydrogens (tertiary/aromatic N) is 1. The number of rotatable bonds is 5. The van der Waals surface area contributed by atoms with Crippen molar-refractivity contribution in [3.05, 3.63) is 65.9 Å². The van der Waals surface area contributed by atoms with Gasteiger partial charge in [-0.1, -0.05) is 24.3 Å². The van der Waals surface area contributed by atoms with Gasteiger partial charge in [0.25, 0.3) is 5.91 Å². The van der Waals surface area contributed by atoms with E-state index < -0.39 is 0 Å². The fraction of sp³-hybridized carbons (Fsp3) is 0.158. The number of carbonyl (C=O) groups is 1. The maximum atomic E-state index is 12.3. The maximum Gasteiger partial charge on any atom is 0.251 e. The second-order valence-corrected chi connectivity index (χ2v) is 5.25. The number of amides is 1. The summed E-state index contributed by atoms with van der Waals surface area (Å²) in [5.41, 5.74) is 2.23. The van der Waals surface area contributed by atoms with Crippen LogP contribution in [0.2, 0.25) is 0 Å². The summed E-state index contributed by atoms with van der Waals surface area (Å²) in [5, 5.41) is 3.95. The van der Waals surface area contributed by atoms with Crippen LogP contribution in [0, 0.1) is 0 Å². The van der Waals surface area contributed by atoms with Crippen LogP contribution in [0.3, 0.4) is 0 Å². The molecule has 0 bridgehead atoms. The summed E-state index contributed by atoms with van der Waals surface area (Å²) in [5.74, 6) is 0.921. The smallest absolute Gasteiger partial charge is 0.251 e. The SMILES string of the molecule is COc1ccc(C(=O)NCc2ccc3ccccc3n2)cc1OC. The molecule has 3 rings (SSSR count). The van der Waals surface area contributed by atoms with E-state index in [9.17, 15) is 4.79 Å². The third-order valence-corrected chi connectivity index (χ3v) is 3.73. The number of hydrogen-bond acceptors (Lipinski definition) is 4. The molecular formula is C19H18N2O3. The number of nitrogens with one attached hydrogen (secondary N) is 1. The number of pyridine rings is 1. The van der Waals surface area contributed by atoms with Crippen LogP contribution in [0.4, 0.5) is 0 Å². The number of fused-ring (bicyclic) bond motifs is 1. The van der Waals surface area contributed by atoms with Crippen LogP contribution >= 0.6 is 0 Å². The van der Waals surface area contributed by atoms with Gasteiger partial charge in [-0.15, -0.1) is 0 Å². The number of ether oxygens (including phenoxy) is 2. The Hall–Kier alpha value is -3.08. The van der Waals surface area contributed by atoms with E-state index in [1.807, 2.05) is 36.4 Å². The van der Waals surface area contributed by atoms with Gasteiger partial charge in [-0.3, -0.25) is 9.78 Å². The van der Waals surface area contributed by atoms with Gasteiger partial charge in [-0.25, -0.2) is 0 Å². The van der Waals surface area contributed by atoms with Crippen molar-refractivity contribution >= 4 is 16.8 Å². The average Bonchev–Trinajstić information content (AvgIpc) is 2.65. The Labute approximate surface area is 140 Å². The van der Waals surface area contributed by atoms with E-state index in [1.54, 1.807) is 32.4 Å². The van der Waals surface area contributed by atoms with Gasteiger partial charge < -0.3 is 14.8 Å². The highest BCUT2D eigenvalue weighted by Gasteiger charge is 2.10. The molecule has 0 atom stereocenters.